The molecule has 0 aliphatic carbocycles. The van der Waals surface area contributed by atoms with Gasteiger partial charge in [0.05, 0.1) is 0 Å². The Morgan fingerprint density at radius 3 is 2.38 bits per heavy atom. The number of ether oxygens (including phenoxy) is 1. The summed E-state index contributed by atoms with van der Waals surface area (Å²) in [6, 6.07) is 14.1. The van der Waals surface area contributed by atoms with E-state index < -0.39 is 21.0 Å². The number of anilines is 1. The van der Waals surface area contributed by atoms with Gasteiger partial charge in [-0.3, -0.25) is 4.79 Å². The van der Waals surface area contributed by atoms with Crippen molar-refractivity contribution in [2.75, 3.05) is 11.6 Å². The van der Waals surface area contributed by atoms with Gasteiger partial charge in [0.1, 0.15) is 17.6 Å². The molecule has 1 N–H and O–H groups in total. The van der Waals surface area contributed by atoms with Gasteiger partial charge in [-0.05, 0) is 37.3 Å². The summed E-state index contributed by atoms with van der Waals surface area (Å²) in [7, 11) is -3.42. The minimum Gasteiger partial charge on any atom is -0.489 e. The lowest BCUT2D eigenvalue weighted by atomic mass is 10.2. The normalized spacial score (nSPS) is 12.5. The molecule has 0 aromatic heterocycles. The molecule has 0 spiro atoms. The van der Waals surface area contributed by atoms with E-state index in [9.17, 15) is 13.2 Å². The number of hydrogen-bond acceptors (Lipinski definition) is 4. The molecule has 2 aromatic carbocycles. The Hall–Kier alpha value is -2.05. The van der Waals surface area contributed by atoms with Gasteiger partial charge in [-0.25, -0.2) is 8.42 Å². The van der Waals surface area contributed by atoms with Gasteiger partial charge < -0.3 is 10.1 Å². The Morgan fingerprint density at radius 2 is 1.79 bits per heavy atom. The van der Waals surface area contributed by atoms with Crippen LogP contribution in [0.1, 0.15) is 12.5 Å². The summed E-state index contributed by atoms with van der Waals surface area (Å²) in [6.45, 7) is 1.68. The lowest BCUT2D eigenvalue weighted by Crippen LogP contribution is -2.31. The maximum atomic E-state index is 11.9. The molecule has 2 rings (SSSR count). The van der Waals surface area contributed by atoms with E-state index in [1.807, 2.05) is 18.2 Å². The molecule has 5 nitrogen and oxygen atoms in total. The van der Waals surface area contributed by atoms with E-state index in [1.54, 1.807) is 30.3 Å². The Labute approximate surface area is 146 Å². The summed E-state index contributed by atoms with van der Waals surface area (Å²) in [6.07, 6.45) is 1.03. The number of hydrogen-bond donors (Lipinski definition) is 1. The minimum atomic E-state index is -3.42. The van der Waals surface area contributed by atoms with E-state index in [0.717, 1.165) is 11.8 Å². The molecule has 7 heteroatoms. The van der Waals surface area contributed by atoms with E-state index in [0.29, 0.717) is 23.1 Å². The number of nitrogens with one attached hydrogen (secondary N) is 1. The number of rotatable bonds is 6. The molecular formula is C17H18ClNO4S. The summed E-state index contributed by atoms with van der Waals surface area (Å²) in [5.74, 6) is 0.0475. The third-order valence-electron chi connectivity index (χ3n) is 3.49. The van der Waals surface area contributed by atoms with E-state index in [-0.39, 0.29) is 0 Å². The predicted molar refractivity (Wildman–Crippen MR) is 95.2 cm³/mol. The topological polar surface area (TPSA) is 72.5 Å². The van der Waals surface area contributed by atoms with E-state index in [1.165, 1.54) is 6.92 Å². The largest absolute Gasteiger partial charge is 0.489 e. The van der Waals surface area contributed by atoms with Crippen molar-refractivity contribution >= 4 is 33.0 Å². The molecule has 1 atom stereocenters. The highest BCUT2D eigenvalue weighted by Gasteiger charge is 2.23. The quantitative estimate of drug-likeness (QED) is 0.850. The lowest BCUT2D eigenvalue weighted by Gasteiger charge is -2.11. The number of halogens is 1. The number of amides is 1. The first kappa shape index (κ1) is 18.3. The molecule has 128 valence electrons. The zero-order chi connectivity index (χ0) is 17.7. The average molecular weight is 368 g/mol. The maximum Gasteiger partial charge on any atom is 0.242 e. The summed E-state index contributed by atoms with van der Waals surface area (Å²) >= 11 is 6.06. The van der Waals surface area contributed by atoms with Crippen LogP contribution in [0.3, 0.4) is 0 Å². The maximum absolute atomic E-state index is 11.9. The molecule has 0 bridgehead atoms. The highest BCUT2D eigenvalue weighted by molar-refractivity contribution is 7.92. The van der Waals surface area contributed by atoms with Crippen molar-refractivity contribution in [3.05, 3.63) is 59.1 Å². The number of sulfone groups is 1. The fourth-order valence-corrected chi connectivity index (χ4v) is 2.49. The molecular weight excluding hydrogens is 350 g/mol. The Balaban J connectivity index is 1.96. The fraction of sp³-hybridized carbons (Fsp3) is 0.235. The van der Waals surface area contributed by atoms with Crippen molar-refractivity contribution in [1.29, 1.82) is 0 Å². The van der Waals surface area contributed by atoms with Crippen LogP contribution in [0.2, 0.25) is 5.02 Å². The van der Waals surface area contributed by atoms with Crippen LogP contribution in [0.25, 0.3) is 0 Å². The zero-order valence-corrected chi connectivity index (χ0v) is 14.9. The molecule has 0 aliphatic heterocycles. The Kier molecular flexibility index (Phi) is 5.85. The zero-order valence-electron chi connectivity index (χ0n) is 13.3. The van der Waals surface area contributed by atoms with Gasteiger partial charge >= 0.3 is 0 Å². The molecule has 0 heterocycles. The first-order chi connectivity index (χ1) is 11.3. The predicted octanol–water partition coefficient (Wildman–Crippen LogP) is 3.29. The number of carbonyl (C=O) groups excluding carboxylic acids is 1. The summed E-state index contributed by atoms with van der Waals surface area (Å²) in [5.41, 5.74) is 1.37. The first-order valence-corrected chi connectivity index (χ1v) is 9.56. The summed E-state index contributed by atoms with van der Waals surface area (Å²) in [5, 5.41) is 2.10. The molecule has 0 saturated heterocycles. The highest BCUT2D eigenvalue weighted by Crippen LogP contribution is 2.20. The SMILES string of the molecule is C[C@@H](C(=O)Nc1ccc(OCc2ccccc2Cl)cc1)S(C)(=O)=O. The van der Waals surface area contributed by atoms with Crippen molar-refractivity contribution in [2.24, 2.45) is 0 Å². The second-order valence-corrected chi connectivity index (χ2v) is 8.14. The third-order valence-corrected chi connectivity index (χ3v) is 5.35. The van der Waals surface area contributed by atoms with Crippen LogP contribution >= 0.6 is 11.6 Å². The van der Waals surface area contributed by atoms with Crippen molar-refractivity contribution in [3.63, 3.8) is 0 Å². The molecule has 0 radical (unpaired) electrons. The highest BCUT2D eigenvalue weighted by atomic mass is 35.5. The fourth-order valence-electron chi connectivity index (χ4n) is 1.85. The van der Waals surface area contributed by atoms with Crippen molar-refractivity contribution in [2.45, 2.75) is 18.8 Å². The molecule has 0 unspecified atom stereocenters. The summed E-state index contributed by atoms with van der Waals surface area (Å²) < 4.78 is 28.4. The van der Waals surface area contributed by atoms with Gasteiger partial charge in [-0.2, -0.15) is 0 Å². The first-order valence-electron chi connectivity index (χ1n) is 7.23. The molecule has 0 aliphatic rings. The van der Waals surface area contributed by atoms with Crippen LogP contribution in [0.5, 0.6) is 5.75 Å². The molecule has 2 aromatic rings. The molecule has 0 fully saturated rings. The van der Waals surface area contributed by atoms with Gasteiger partial charge in [-0.1, -0.05) is 29.8 Å². The standard InChI is InChI=1S/C17H18ClNO4S/c1-12(24(2,21)22)17(20)19-14-7-9-15(10-8-14)23-11-13-5-3-4-6-16(13)18/h3-10,12H,11H2,1-2H3,(H,19,20)/t12-/m0/s1. The lowest BCUT2D eigenvalue weighted by molar-refractivity contribution is -0.115. The van der Waals surface area contributed by atoms with Gasteiger partial charge in [0.15, 0.2) is 9.84 Å². The molecule has 0 saturated carbocycles. The van der Waals surface area contributed by atoms with Crippen molar-refractivity contribution in [1.82, 2.24) is 0 Å². The van der Waals surface area contributed by atoms with E-state index >= 15 is 0 Å². The van der Waals surface area contributed by atoms with Crippen LogP contribution < -0.4 is 10.1 Å². The van der Waals surface area contributed by atoms with Gasteiger partial charge in [0.2, 0.25) is 5.91 Å². The molecule has 24 heavy (non-hydrogen) atoms. The van der Waals surface area contributed by atoms with Crippen LogP contribution in [-0.2, 0) is 21.2 Å². The molecule has 1 amide bonds. The number of benzene rings is 2. The van der Waals surface area contributed by atoms with Crippen LogP contribution in [0.15, 0.2) is 48.5 Å². The smallest absolute Gasteiger partial charge is 0.242 e. The van der Waals surface area contributed by atoms with Gasteiger partial charge in [0, 0.05) is 22.5 Å². The van der Waals surface area contributed by atoms with Crippen LogP contribution in [0.4, 0.5) is 5.69 Å². The van der Waals surface area contributed by atoms with Crippen molar-refractivity contribution in [3.8, 4) is 5.75 Å². The summed E-state index contributed by atoms with van der Waals surface area (Å²) in [4.78, 5) is 11.9. The second kappa shape index (κ2) is 7.68. The Bertz CT molecular complexity index is 819. The van der Waals surface area contributed by atoms with E-state index in [2.05, 4.69) is 5.32 Å². The average Bonchev–Trinajstić information content (AvgIpc) is 2.54. The third kappa shape index (κ3) is 4.97. The van der Waals surface area contributed by atoms with Crippen molar-refractivity contribution < 1.29 is 17.9 Å². The number of carbonyl (C=O) groups is 1. The van der Waals surface area contributed by atoms with Gasteiger partial charge in [0.25, 0.3) is 0 Å². The Morgan fingerprint density at radius 1 is 1.17 bits per heavy atom. The van der Waals surface area contributed by atoms with Crippen LogP contribution in [0, 0.1) is 0 Å². The van der Waals surface area contributed by atoms with Gasteiger partial charge in [-0.15, -0.1) is 0 Å². The monoisotopic (exact) mass is 367 g/mol. The second-order valence-electron chi connectivity index (χ2n) is 5.37. The van der Waals surface area contributed by atoms with Crippen LogP contribution in [-0.4, -0.2) is 25.8 Å². The van der Waals surface area contributed by atoms with E-state index in [4.69, 9.17) is 16.3 Å². The minimum absolute atomic E-state index is 0.330.